The predicted octanol–water partition coefficient (Wildman–Crippen LogP) is 4.03. The maximum atomic E-state index is 12.5. The predicted molar refractivity (Wildman–Crippen MR) is 98.6 cm³/mol. The molecule has 0 fully saturated rings. The van der Waals surface area contributed by atoms with Crippen LogP contribution in [0.1, 0.15) is 27.8 Å². The largest absolute Gasteiger partial charge is 0.461 e. The van der Waals surface area contributed by atoms with Crippen molar-refractivity contribution in [1.82, 2.24) is 9.78 Å². The van der Waals surface area contributed by atoms with Gasteiger partial charge < -0.3 is 9.47 Å². The molecule has 0 N–H and O–H groups in total. The summed E-state index contributed by atoms with van der Waals surface area (Å²) in [6, 6.07) is 17.3. The molecule has 0 aliphatic carbocycles. The average Bonchev–Trinajstić information content (AvgIpc) is 3.06. The second-order valence-corrected chi connectivity index (χ2v) is 6.15. The Morgan fingerprint density at radius 2 is 1.81 bits per heavy atom. The fraction of sp³-hybridized carbons (Fsp3) is 0.105. The molecule has 2 aromatic carbocycles. The Morgan fingerprint density at radius 1 is 1.04 bits per heavy atom. The van der Waals surface area contributed by atoms with E-state index in [1.807, 2.05) is 24.3 Å². The van der Waals surface area contributed by atoms with E-state index in [4.69, 9.17) is 9.47 Å². The van der Waals surface area contributed by atoms with Crippen molar-refractivity contribution in [2.24, 2.45) is 0 Å². The van der Waals surface area contributed by atoms with Gasteiger partial charge in [-0.1, -0.05) is 40.2 Å². The number of hydrogen-bond acceptors (Lipinski definition) is 5. The number of carbonyl (C=O) groups excluding carboxylic acids is 2. The van der Waals surface area contributed by atoms with Crippen LogP contribution in [0.15, 0.2) is 65.1 Å². The van der Waals surface area contributed by atoms with Gasteiger partial charge in [0.2, 0.25) is 5.88 Å². The number of carbonyl (C=O) groups is 2. The van der Waals surface area contributed by atoms with E-state index in [9.17, 15) is 9.59 Å². The first-order valence-corrected chi connectivity index (χ1v) is 8.68. The van der Waals surface area contributed by atoms with Crippen LogP contribution in [0.5, 0.6) is 5.88 Å². The molecule has 3 rings (SSSR count). The van der Waals surface area contributed by atoms with Crippen LogP contribution in [0.4, 0.5) is 0 Å². The Hall–Kier alpha value is -2.93. The monoisotopic (exact) mass is 414 g/mol. The van der Waals surface area contributed by atoms with Gasteiger partial charge in [-0.25, -0.2) is 9.59 Å². The smallest absolute Gasteiger partial charge is 0.358 e. The van der Waals surface area contributed by atoms with Gasteiger partial charge >= 0.3 is 11.9 Å². The van der Waals surface area contributed by atoms with E-state index >= 15 is 0 Å². The molecule has 7 heteroatoms. The molecule has 0 atom stereocenters. The normalized spacial score (nSPS) is 10.4. The summed E-state index contributed by atoms with van der Waals surface area (Å²) in [4.78, 5) is 24.5. The molecule has 0 saturated heterocycles. The summed E-state index contributed by atoms with van der Waals surface area (Å²) >= 11 is 3.32. The van der Waals surface area contributed by atoms with Gasteiger partial charge in [0.05, 0.1) is 17.9 Å². The summed E-state index contributed by atoms with van der Waals surface area (Å²) < 4.78 is 12.6. The molecule has 0 bridgehead atoms. The van der Waals surface area contributed by atoms with E-state index in [1.165, 1.54) is 10.7 Å². The van der Waals surface area contributed by atoms with Gasteiger partial charge in [0.15, 0.2) is 5.69 Å². The first-order chi connectivity index (χ1) is 12.6. The lowest BCUT2D eigenvalue weighted by atomic mass is 10.2. The van der Waals surface area contributed by atoms with Crippen molar-refractivity contribution in [2.75, 3.05) is 6.61 Å². The second kappa shape index (κ2) is 7.97. The molecule has 0 aliphatic heterocycles. The van der Waals surface area contributed by atoms with Crippen molar-refractivity contribution in [3.8, 4) is 11.6 Å². The fourth-order valence-electron chi connectivity index (χ4n) is 2.26. The fourth-order valence-corrected chi connectivity index (χ4v) is 2.66. The Kier molecular flexibility index (Phi) is 5.48. The van der Waals surface area contributed by atoms with Crippen molar-refractivity contribution in [2.45, 2.75) is 6.92 Å². The van der Waals surface area contributed by atoms with Crippen LogP contribution in [-0.2, 0) is 4.74 Å². The molecule has 0 radical (unpaired) electrons. The highest BCUT2D eigenvalue weighted by Gasteiger charge is 2.20. The minimum atomic E-state index is -0.582. The zero-order valence-electron chi connectivity index (χ0n) is 13.9. The summed E-state index contributed by atoms with van der Waals surface area (Å²) in [7, 11) is 0. The van der Waals surface area contributed by atoms with Crippen molar-refractivity contribution < 1.29 is 19.1 Å². The van der Waals surface area contributed by atoms with Gasteiger partial charge in [-0.3, -0.25) is 0 Å². The first-order valence-electron chi connectivity index (χ1n) is 7.89. The maximum absolute atomic E-state index is 12.5. The topological polar surface area (TPSA) is 70.4 Å². The van der Waals surface area contributed by atoms with E-state index in [2.05, 4.69) is 21.0 Å². The highest BCUT2D eigenvalue weighted by Crippen LogP contribution is 2.22. The number of halogens is 1. The number of para-hydroxylation sites is 1. The Morgan fingerprint density at radius 3 is 2.50 bits per heavy atom. The van der Waals surface area contributed by atoms with Crippen LogP contribution < -0.4 is 4.74 Å². The lowest BCUT2D eigenvalue weighted by Gasteiger charge is -2.07. The molecule has 132 valence electrons. The Bertz CT molecular complexity index is 938. The molecule has 3 aromatic rings. The summed E-state index contributed by atoms with van der Waals surface area (Å²) in [5.74, 6) is -1.01. The molecule has 26 heavy (non-hydrogen) atoms. The number of benzene rings is 2. The van der Waals surface area contributed by atoms with Crippen molar-refractivity contribution in [1.29, 1.82) is 0 Å². The summed E-state index contributed by atoms with van der Waals surface area (Å²) in [5, 5.41) is 4.22. The third kappa shape index (κ3) is 4.00. The summed E-state index contributed by atoms with van der Waals surface area (Å²) in [6.07, 6.45) is 0. The molecule has 1 heterocycles. The number of rotatable bonds is 5. The number of hydrogen-bond donors (Lipinski definition) is 0. The SMILES string of the molecule is CCOC(=O)c1cc(OC(=O)c2cccc(Br)c2)n(-c2ccccc2)n1. The quantitative estimate of drug-likeness (QED) is 0.589. The van der Waals surface area contributed by atoms with Crippen LogP contribution in [0.25, 0.3) is 5.69 Å². The molecular weight excluding hydrogens is 400 g/mol. The highest BCUT2D eigenvalue weighted by atomic mass is 79.9. The molecule has 0 saturated carbocycles. The van der Waals surface area contributed by atoms with Gasteiger partial charge in [0.25, 0.3) is 0 Å². The molecule has 0 spiro atoms. The lowest BCUT2D eigenvalue weighted by molar-refractivity contribution is 0.0518. The molecular formula is C19H15BrN2O4. The highest BCUT2D eigenvalue weighted by molar-refractivity contribution is 9.10. The van der Waals surface area contributed by atoms with Gasteiger partial charge in [-0.05, 0) is 37.3 Å². The number of ether oxygens (including phenoxy) is 2. The zero-order valence-corrected chi connectivity index (χ0v) is 15.5. The van der Waals surface area contributed by atoms with Crippen LogP contribution >= 0.6 is 15.9 Å². The third-order valence-corrected chi connectivity index (χ3v) is 3.91. The van der Waals surface area contributed by atoms with Gasteiger partial charge in [-0.15, -0.1) is 0 Å². The molecule has 0 amide bonds. The van der Waals surface area contributed by atoms with E-state index in [1.54, 1.807) is 37.3 Å². The average molecular weight is 415 g/mol. The van der Waals surface area contributed by atoms with Crippen LogP contribution in [0.3, 0.4) is 0 Å². The van der Waals surface area contributed by atoms with E-state index in [0.29, 0.717) is 11.3 Å². The minimum absolute atomic E-state index is 0.0627. The van der Waals surface area contributed by atoms with E-state index in [0.717, 1.165) is 4.47 Å². The molecule has 1 aromatic heterocycles. The molecule has 0 aliphatic rings. The Labute approximate surface area is 158 Å². The Balaban J connectivity index is 1.96. The van der Waals surface area contributed by atoms with Gasteiger partial charge in [0, 0.05) is 10.5 Å². The van der Waals surface area contributed by atoms with Crippen LogP contribution in [0, 0.1) is 0 Å². The van der Waals surface area contributed by atoms with E-state index < -0.39 is 11.9 Å². The number of esters is 2. The van der Waals surface area contributed by atoms with Crippen molar-refractivity contribution in [3.05, 3.63) is 76.4 Å². The molecule has 0 unspecified atom stereocenters. The number of aromatic nitrogens is 2. The van der Waals surface area contributed by atoms with E-state index in [-0.39, 0.29) is 18.2 Å². The minimum Gasteiger partial charge on any atom is -0.461 e. The van der Waals surface area contributed by atoms with Gasteiger partial charge in [0.1, 0.15) is 0 Å². The summed E-state index contributed by atoms with van der Waals surface area (Å²) in [6.45, 7) is 1.94. The lowest BCUT2D eigenvalue weighted by Crippen LogP contribution is -2.11. The van der Waals surface area contributed by atoms with Gasteiger partial charge in [-0.2, -0.15) is 9.78 Å². The van der Waals surface area contributed by atoms with Crippen LogP contribution in [-0.4, -0.2) is 28.3 Å². The van der Waals surface area contributed by atoms with Crippen molar-refractivity contribution in [3.63, 3.8) is 0 Å². The molecule has 6 nitrogen and oxygen atoms in total. The van der Waals surface area contributed by atoms with Crippen LogP contribution in [0.2, 0.25) is 0 Å². The maximum Gasteiger partial charge on any atom is 0.358 e. The standard InChI is InChI=1S/C19H15BrN2O4/c1-2-25-19(24)16-12-17(22(21-16)15-9-4-3-5-10-15)26-18(23)13-7-6-8-14(20)11-13/h3-12H,2H2,1H3. The number of nitrogens with zero attached hydrogens (tertiary/aromatic N) is 2. The second-order valence-electron chi connectivity index (χ2n) is 5.24. The third-order valence-electron chi connectivity index (χ3n) is 3.42. The summed E-state index contributed by atoms with van der Waals surface area (Å²) in [5.41, 5.74) is 1.09. The zero-order chi connectivity index (χ0) is 18.5. The van der Waals surface area contributed by atoms with Crippen molar-refractivity contribution >= 4 is 27.9 Å². The first kappa shape index (κ1) is 17.9.